The van der Waals surface area contributed by atoms with Crippen molar-refractivity contribution in [2.24, 2.45) is 11.3 Å². The fourth-order valence-corrected chi connectivity index (χ4v) is 5.28. The molecule has 2 aromatic carbocycles. The molecule has 2 atom stereocenters. The quantitative estimate of drug-likeness (QED) is 0.700. The Balaban J connectivity index is 1.47. The first-order valence-corrected chi connectivity index (χ1v) is 11.0. The molecule has 4 rings (SSSR count). The molecule has 0 saturated carbocycles. The van der Waals surface area contributed by atoms with E-state index < -0.39 is 0 Å². The molecule has 6 nitrogen and oxygen atoms in total. The Labute approximate surface area is 185 Å². The van der Waals surface area contributed by atoms with Crippen molar-refractivity contribution in [2.75, 3.05) is 54.1 Å². The number of benzene rings is 2. The van der Waals surface area contributed by atoms with Crippen molar-refractivity contribution >= 4 is 0 Å². The van der Waals surface area contributed by atoms with Crippen LogP contribution in [0.4, 0.5) is 0 Å². The zero-order valence-corrected chi connectivity index (χ0v) is 18.8. The maximum atomic E-state index is 10.3. The highest BCUT2D eigenvalue weighted by molar-refractivity contribution is 5.50. The molecule has 2 fully saturated rings. The highest BCUT2D eigenvalue weighted by Crippen LogP contribution is 2.44. The van der Waals surface area contributed by atoms with Crippen molar-refractivity contribution in [3.05, 3.63) is 53.6 Å². The fraction of sp³-hybridized carbons (Fsp3) is 0.520. The predicted molar refractivity (Wildman–Crippen MR) is 121 cm³/mol. The molecule has 0 bridgehead atoms. The second kappa shape index (κ2) is 9.47. The topological polar surface area (TPSA) is 54.4 Å². The lowest BCUT2D eigenvalue weighted by Gasteiger charge is -2.42. The van der Waals surface area contributed by atoms with Crippen molar-refractivity contribution in [1.82, 2.24) is 9.80 Å². The predicted octanol–water partition coefficient (Wildman–Crippen LogP) is 3.03. The minimum Gasteiger partial charge on any atom is -0.496 e. The van der Waals surface area contributed by atoms with Crippen molar-refractivity contribution in [2.45, 2.75) is 19.5 Å². The molecule has 6 heteroatoms. The third-order valence-corrected chi connectivity index (χ3v) is 7.03. The third-order valence-electron chi connectivity index (χ3n) is 7.03. The molecule has 0 amide bonds. The molecular weight excluding hydrogens is 392 g/mol. The molecular formula is C25H34N2O4. The molecule has 0 radical (unpaired) electrons. The molecule has 0 aliphatic carbocycles. The Kier molecular flexibility index (Phi) is 6.70. The van der Waals surface area contributed by atoms with E-state index >= 15 is 0 Å². The molecule has 1 N–H and O–H groups in total. The minimum atomic E-state index is 0.00691. The lowest BCUT2D eigenvalue weighted by molar-refractivity contribution is 0.0157. The number of rotatable bonds is 8. The summed E-state index contributed by atoms with van der Waals surface area (Å²) in [5.41, 5.74) is 2.43. The van der Waals surface area contributed by atoms with Crippen molar-refractivity contribution in [1.29, 1.82) is 0 Å². The van der Waals surface area contributed by atoms with Gasteiger partial charge in [0.2, 0.25) is 0 Å². The van der Waals surface area contributed by atoms with E-state index in [9.17, 15) is 5.11 Å². The van der Waals surface area contributed by atoms with Gasteiger partial charge in [0, 0.05) is 49.8 Å². The minimum absolute atomic E-state index is 0.00691. The zero-order chi connectivity index (χ0) is 21.8. The number of ether oxygens (including phenoxy) is 3. The normalized spacial score (nSPS) is 24.1. The summed E-state index contributed by atoms with van der Waals surface area (Å²) >= 11 is 0. The van der Waals surface area contributed by atoms with Crippen LogP contribution in [0.15, 0.2) is 42.5 Å². The third kappa shape index (κ3) is 4.52. The average Bonchev–Trinajstić information content (AvgIpc) is 3.17. The highest BCUT2D eigenvalue weighted by atomic mass is 16.5. The van der Waals surface area contributed by atoms with E-state index in [1.165, 1.54) is 5.56 Å². The van der Waals surface area contributed by atoms with E-state index in [0.717, 1.165) is 62.8 Å². The van der Waals surface area contributed by atoms with E-state index in [4.69, 9.17) is 14.2 Å². The molecule has 2 aromatic rings. The molecule has 2 aliphatic heterocycles. The Morgan fingerprint density at radius 2 is 1.58 bits per heavy atom. The summed E-state index contributed by atoms with van der Waals surface area (Å²) in [5, 5.41) is 10.3. The van der Waals surface area contributed by atoms with Crippen LogP contribution in [0, 0.1) is 11.3 Å². The molecule has 2 aliphatic rings. The SMILES string of the molecule is COc1cc(OC)c(OC)cc1CN1CC[C@]2(CO)CN(Cc3ccccc3)C[C@@H]2C1. The summed E-state index contributed by atoms with van der Waals surface area (Å²) in [4.78, 5) is 4.99. The van der Waals surface area contributed by atoms with Crippen molar-refractivity contribution in [3.63, 3.8) is 0 Å². The van der Waals surface area contributed by atoms with Crippen molar-refractivity contribution < 1.29 is 19.3 Å². The van der Waals surface area contributed by atoms with Gasteiger partial charge < -0.3 is 19.3 Å². The van der Waals surface area contributed by atoms with Gasteiger partial charge in [0.25, 0.3) is 0 Å². The van der Waals surface area contributed by atoms with Crippen LogP contribution in [0.5, 0.6) is 17.2 Å². The first kappa shape index (κ1) is 21.9. The van der Waals surface area contributed by atoms with Gasteiger partial charge >= 0.3 is 0 Å². The van der Waals surface area contributed by atoms with Gasteiger partial charge in [-0.1, -0.05) is 30.3 Å². The zero-order valence-electron chi connectivity index (χ0n) is 18.8. The Morgan fingerprint density at radius 1 is 0.903 bits per heavy atom. The molecule has 168 valence electrons. The van der Waals surface area contributed by atoms with Crippen LogP contribution in [0.2, 0.25) is 0 Å². The maximum absolute atomic E-state index is 10.3. The number of hydrogen-bond acceptors (Lipinski definition) is 6. The van der Waals surface area contributed by atoms with Gasteiger partial charge in [-0.15, -0.1) is 0 Å². The van der Waals surface area contributed by atoms with Gasteiger partial charge in [-0.05, 0) is 30.5 Å². The fourth-order valence-electron chi connectivity index (χ4n) is 5.28. The van der Waals surface area contributed by atoms with Gasteiger partial charge in [-0.3, -0.25) is 9.80 Å². The van der Waals surface area contributed by atoms with E-state index in [1.807, 2.05) is 12.1 Å². The highest BCUT2D eigenvalue weighted by Gasteiger charge is 2.48. The average molecular weight is 427 g/mol. The van der Waals surface area contributed by atoms with Crippen LogP contribution >= 0.6 is 0 Å². The number of aliphatic hydroxyl groups is 1. The summed E-state index contributed by atoms with van der Waals surface area (Å²) in [6, 6.07) is 14.5. The van der Waals surface area contributed by atoms with Gasteiger partial charge in [0.05, 0.1) is 27.9 Å². The second-order valence-corrected chi connectivity index (χ2v) is 8.88. The number of methoxy groups -OCH3 is 3. The number of piperidine rings is 1. The van der Waals surface area contributed by atoms with Crippen LogP contribution in [-0.4, -0.2) is 69.0 Å². The smallest absolute Gasteiger partial charge is 0.164 e. The Bertz CT molecular complexity index is 875. The number of fused-ring (bicyclic) bond motifs is 1. The summed E-state index contributed by atoms with van der Waals surface area (Å²) < 4.78 is 16.5. The number of nitrogens with zero attached hydrogens (tertiary/aromatic N) is 2. The van der Waals surface area contributed by atoms with Crippen LogP contribution in [0.25, 0.3) is 0 Å². The molecule has 2 heterocycles. The molecule has 0 aromatic heterocycles. The molecule has 31 heavy (non-hydrogen) atoms. The van der Waals surface area contributed by atoms with Crippen LogP contribution < -0.4 is 14.2 Å². The summed E-state index contributed by atoms with van der Waals surface area (Å²) in [6.45, 7) is 5.93. The lowest BCUT2D eigenvalue weighted by atomic mass is 9.73. The van der Waals surface area contributed by atoms with Crippen molar-refractivity contribution in [3.8, 4) is 17.2 Å². The van der Waals surface area contributed by atoms with E-state index in [2.05, 4.69) is 40.1 Å². The van der Waals surface area contributed by atoms with Crippen LogP contribution in [0.3, 0.4) is 0 Å². The number of hydrogen-bond donors (Lipinski definition) is 1. The number of likely N-dealkylation sites (tertiary alicyclic amines) is 2. The van der Waals surface area contributed by atoms with E-state index in [-0.39, 0.29) is 12.0 Å². The molecule has 2 saturated heterocycles. The van der Waals surface area contributed by atoms with Gasteiger partial charge in [0.15, 0.2) is 11.5 Å². The largest absolute Gasteiger partial charge is 0.496 e. The Hall–Kier alpha value is -2.28. The molecule has 0 unspecified atom stereocenters. The second-order valence-electron chi connectivity index (χ2n) is 8.88. The summed E-state index contributed by atoms with van der Waals surface area (Å²) in [6.07, 6.45) is 1.01. The lowest BCUT2D eigenvalue weighted by Crippen LogP contribution is -2.48. The molecule has 0 spiro atoms. The summed E-state index contributed by atoms with van der Waals surface area (Å²) in [5.74, 6) is 2.66. The van der Waals surface area contributed by atoms with Crippen LogP contribution in [-0.2, 0) is 13.1 Å². The van der Waals surface area contributed by atoms with Gasteiger partial charge in [-0.25, -0.2) is 0 Å². The Morgan fingerprint density at radius 3 is 2.26 bits per heavy atom. The summed E-state index contributed by atoms with van der Waals surface area (Å²) in [7, 11) is 4.98. The first-order chi connectivity index (χ1) is 15.1. The van der Waals surface area contributed by atoms with Crippen LogP contribution in [0.1, 0.15) is 17.5 Å². The first-order valence-electron chi connectivity index (χ1n) is 11.0. The van der Waals surface area contributed by atoms with Gasteiger partial charge in [-0.2, -0.15) is 0 Å². The monoisotopic (exact) mass is 426 g/mol. The maximum Gasteiger partial charge on any atom is 0.164 e. The van der Waals surface area contributed by atoms with E-state index in [0.29, 0.717) is 11.7 Å². The van der Waals surface area contributed by atoms with Gasteiger partial charge in [0.1, 0.15) is 5.75 Å². The standard InChI is InChI=1S/C25H34N2O4/c1-29-22-12-24(31-3)23(30-2)11-20(22)14-26-10-9-25(18-28)17-27(16-21(25)15-26)13-19-7-5-4-6-8-19/h4-8,11-12,21,28H,9-10,13-18H2,1-3H3/t21-,25+/m0/s1. The number of aliphatic hydroxyl groups excluding tert-OH is 1. The van der Waals surface area contributed by atoms with E-state index in [1.54, 1.807) is 21.3 Å².